The van der Waals surface area contributed by atoms with Crippen LogP contribution in [0.5, 0.6) is 5.75 Å². The highest BCUT2D eigenvalue weighted by atomic mass is 16.5. The molecule has 0 amide bonds. The quantitative estimate of drug-likeness (QED) is 0.830. The van der Waals surface area contributed by atoms with Crippen LogP contribution < -0.4 is 10.1 Å². The van der Waals surface area contributed by atoms with Crippen molar-refractivity contribution in [3.8, 4) is 5.75 Å². The number of anilines is 1. The summed E-state index contributed by atoms with van der Waals surface area (Å²) in [5, 5.41) is 3.21. The number of hydrogen-bond donors (Lipinski definition) is 1. The number of hydrogen-bond acceptors (Lipinski definition) is 4. The summed E-state index contributed by atoms with van der Waals surface area (Å²) in [6.07, 6.45) is 3.11. The van der Waals surface area contributed by atoms with Gasteiger partial charge in [-0.15, -0.1) is 0 Å². The van der Waals surface area contributed by atoms with E-state index >= 15 is 0 Å². The molecular formula is C11H12N2O2. The summed E-state index contributed by atoms with van der Waals surface area (Å²) in [6.45, 7) is 0.631. The summed E-state index contributed by atoms with van der Waals surface area (Å²) in [4.78, 5) is 3.84. The average Bonchev–Trinajstić information content (AvgIpc) is 2.80. The zero-order valence-corrected chi connectivity index (χ0v) is 8.43. The Hall–Kier alpha value is -1.97. The predicted molar refractivity (Wildman–Crippen MR) is 56.8 cm³/mol. The van der Waals surface area contributed by atoms with Crippen LogP contribution in [0.25, 0.3) is 0 Å². The minimum absolute atomic E-state index is 0.631. The Balaban J connectivity index is 1.93. The van der Waals surface area contributed by atoms with Gasteiger partial charge in [0.2, 0.25) is 0 Å². The molecule has 0 fully saturated rings. The van der Waals surface area contributed by atoms with E-state index in [1.54, 1.807) is 13.3 Å². The van der Waals surface area contributed by atoms with Crippen LogP contribution in [0.1, 0.15) is 5.76 Å². The van der Waals surface area contributed by atoms with Gasteiger partial charge < -0.3 is 14.5 Å². The third-order valence-electron chi connectivity index (χ3n) is 2.04. The Bertz CT molecular complexity index is 395. The zero-order valence-electron chi connectivity index (χ0n) is 8.43. The topological polar surface area (TPSA) is 47.3 Å². The number of nitrogens with one attached hydrogen (secondary N) is 1. The predicted octanol–water partition coefficient (Wildman–Crippen LogP) is 2.30. The van der Waals surface area contributed by atoms with Gasteiger partial charge in [0.15, 0.2) is 6.39 Å². The number of oxazole rings is 1. The summed E-state index contributed by atoms with van der Waals surface area (Å²) in [5.41, 5.74) is 1.02. The molecule has 0 spiro atoms. The van der Waals surface area contributed by atoms with Crippen molar-refractivity contribution in [2.75, 3.05) is 12.4 Å². The van der Waals surface area contributed by atoms with Crippen molar-refractivity contribution in [1.29, 1.82) is 0 Å². The number of nitrogens with zero attached hydrogens (tertiary/aromatic N) is 1. The fourth-order valence-electron chi connectivity index (χ4n) is 1.23. The monoisotopic (exact) mass is 204 g/mol. The molecule has 0 saturated heterocycles. The lowest BCUT2D eigenvalue weighted by Crippen LogP contribution is -1.97. The largest absolute Gasteiger partial charge is 0.497 e. The molecule has 4 heteroatoms. The first-order valence-corrected chi connectivity index (χ1v) is 4.64. The number of rotatable bonds is 4. The molecule has 15 heavy (non-hydrogen) atoms. The molecule has 0 aliphatic carbocycles. The Kier molecular flexibility index (Phi) is 2.88. The van der Waals surface area contributed by atoms with Crippen LogP contribution in [0.15, 0.2) is 41.3 Å². The van der Waals surface area contributed by atoms with E-state index in [-0.39, 0.29) is 0 Å². The second-order valence-electron chi connectivity index (χ2n) is 3.05. The fourth-order valence-corrected chi connectivity index (χ4v) is 1.23. The molecule has 0 saturated carbocycles. The maximum Gasteiger partial charge on any atom is 0.180 e. The van der Waals surface area contributed by atoms with Gasteiger partial charge in [0.1, 0.15) is 11.5 Å². The lowest BCUT2D eigenvalue weighted by atomic mass is 10.3. The molecule has 2 aromatic rings. The van der Waals surface area contributed by atoms with E-state index in [4.69, 9.17) is 9.15 Å². The van der Waals surface area contributed by atoms with Gasteiger partial charge in [-0.2, -0.15) is 0 Å². The van der Waals surface area contributed by atoms with Gasteiger partial charge in [0, 0.05) is 5.69 Å². The van der Waals surface area contributed by atoms with Gasteiger partial charge in [0.25, 0.3) is 0 Å². The van der Waals surface area contributed by atoms with Gasteiger partial charge in [-0.05, 0) is 24.3 Å². The molecule has 1 aromatic heterocycles. The van der Waals surface area contributed by atoms with Crippen LogP contribution in [-0.4, -0.2) is 12.1 Å². The highest BCUT2D eigenvalue weighted by molar-refractivity contribution is 5.46. The third-order valence-corrected chi connectivity index (χ3v) is 2.04. The van der Waals surface area contributed by atoms with E-state index in [0.29, 0.717) is 6.54 Å². The Morgan fingerprint density at radius 2 is 2.13 bits per heavy atom. The SMILES string of the molecule is COc1ccc(NCc2cnco2)cc1. The van der Waals surface area contributed by atoms with Crippen LogP contribution in [0.2, 0.25) is 0 Å². The van der Waals surface area contributed by atoms with E-state index in [1.807, 2.05) is 24.3 Å². The molecule has 1 N–H and O–H groups in total. The van der Waals surface area contributed by atoms with Crippen LogP contribution in [0.4, 0.5) is 5.69 Å². The molecule has 4 nitrogen and oxygen atoms in total. The summed E-state index contributed by atoms with van der Waals surface area (Å²) >= 11 is 0. The third kappa shape index (κ3) is 2.49. The normalized spacial score (nSPS) is 9.93. The average molecular weight is 204 g/mol. The van der Waals surface area contributed by atoms with E-state index in [1.165, 1.54) is 6.39 Å². The molecule has 0 aliphatic heterocycles. The Labute approximate surface area is 87.9 Å². The minimum Gasteiger partial charge on any atom is -0.497 e. The molecular weight excluding hydrogens is 192 g/mol. The summed E-state index contributed by atoms with van der Waals surface area (Å²) < 4.78 is 10.2. The standard InChI is InChI=1S/C11H12N2O2/c1-14-10-4-2-9(3-5-10)13-7-11-6-12-8-15-11/h2-6,8,13H,7H2,1H3. The van der Waals surface area contributed by atoms with Crippen molar-refractivity contribution in [1.82, 2.24) is 4.98 Å². The Morgan fingerprint density at radius 1 is 1.33 bits per heavy atom. The first-order valence-electron chi connectivity index (χ1n) is 4.64. The number of aromatic nitrogens is 1. The zero-order chi connectivity index (χ0) is 10.5. The lowest BCUT2D eigenvalue weighted by molar-refractivity contribution is 0.415. The van der Waals surface area contributed by atoms with Crippen molar-refractivity contribution in [2.45, 2.75) is 6.54 Å². The van der Waals surface area contributed by atoms with Crippen molar-refractivity contribution in [3.05, 3.63) is 42.6 Å². The van der Waals surface area contributed by atoms with Crippen molar-refractivity contribution >= 4 is 5.69 Å². The second kappa shape index (κ2) is 4.50. The molecule has 1 aromatic carbocycles. The highest BCUT2D eigenvalue weighted by Gasteiger charge is 1.97. The molecule has 0 radical (unpaired) electrons. The number of benzene rings is 1. The first kappa shape index (κ1) is 9.58. The van der Waals surface area contributed by atoms with Crippen molar-refractivity contribution in [2.24, 2.45) is 0 Å². The van der Waals surface area contributed by atoms with Crippen LogP contribution in [-0.2, 0) is 6.54 Å². The number of ether oxygens (including phenoxy) is 1. The van der Waals surface area contributed by atoms with Crippen LogP contribution in [0, 0.1) is 0 Å². The lowest BCUT2D eigenvalue weighted by Gasteiger charge is -2.04. The second-order valence-corrected chi connectivity index (χ2v) is 3.05. The van der Waals surface area contributed by atoms with Gasteiger partial charge in [-0.25, -0.2) is 4.98 Å². The van der Waals surface area contributed by atoms with Crippen LogP contribution >= 0.6 is 0 Å². The van der Waals surface area contributed by atoms with Crippen LogP contribution in [0.3, 0.4) is 0 Å². The summed E-state index contributed by atoms with van der Waals surface area (Å²) in [6, 6.07) is 7.72. The molecule has 0 aliphatic rings. The Morgan fingerprint density at radius 3 is 2.73 bits per heavy atom. The molecule has 78 valence electrons. The molecule has 2 rings (SSSR count). The summed E-state index contributed by atoms with van der Waals surface area (Å²) in [7, 11) is 1.65. The highest BCUT2D eigenvalue weighted by Crippen LogP contribution is 2.15. The van der Waals surface area contributed by atoms with Crippen molar-refractivity contribution in [3.63, 3.8) is 0 Å². The van der Waals surface area contributed by atoms with E-state index in [9.17, 15) is 0 Å². The smallest absolute Gasteiger partial charge is 0.180 e. The van der Waals surface area contributed by atoms with Gasteiger partial charge >= 0.3 is 0 Å². The minimum atomic E-state index is 0.631. The molecule has 0 bridgehead atoms. The maximum atomic E-state index is 5.10. The van der Waals surface area contributed by atoms with E-state index < -0.39 is 0 Å². The van der Waals surface area contributed by atoms with E-state index in [2.05, 4.69) is 10.3 Å². The molecule has 0 unspecified atom stereocenters. The van der Waals surface area contributed by atoms with E-state index in [0.717, 1.165) is 17.2 Å². The van der Waals surface area contributed by atoms with Crippen molar-refractivity contribution < 1.29 is 9.15 Å². The molecule has 0 atom stereocenters. The summed E-state index contributed by atoms with van der Waals surface area (Å²) in [5.74, 6) is 1.66. The maximum absolute atomic E-state index is 5.10. The first-order chi connectivity index (χ1) is 7.38. The number of methoxy groups -OCH3 is 1. The van der Waals surface area contributed by atoms with Gasteiger partial charge in [0.05, 0.1) is 19.9 Å². The van der Waals surface area contributed by atoms with Gasteiger partial charge in [-0.1, -0.05) is 0 Å². The fraction of sp³-hybridized carbons (Fsp3) is 0.182. The van der Waals surface area contributed by atoms with Gasteiger partial charge in [-0.3, -0.25) is 0 Å². The molecule has 1 heterocycles.